The van der Waals surface area contributed by atoms with Gasteiger partial charge in [0, 0.05) is 19.3 Å². The van der Waals surface area contributed by atoms with E-state index in [9.17, 15) is 14.4 Å². The molecule has 1 unspecified atom stereocenters. The summed E-state index contributed by atoms with van der Waals surface area (Å²) in [5.41, 5.74) is 0. The quantitative estimate of drug-likeness (QED) is 0.0262. The maximum atomic E-state index is 12.7. The van der Waals surface area contributed by atoms with E-state index in [1.165, 1.54) is 32.1 Å². The molecule has 0 aliphatic rings. The maximum Gasteiger partial charge on any atom is 0.306 e. The van der Waals surface area contributed by atoms with Crippen LogP contribution >= 0.6 is 0 Å². The Hall–Kier alpha value is -4.97. The van der Waals surface area contributed by atoms with Crippen LogP contribution in [0.2, 0.25) is 0 Å². The number of unbranched alkanes of at least 4 members (excludes halogenated alkanes) is 8. The normalized spacial score (nSPS) is 13.4. The van der Waals surface area contributed by atoms with Gasteiger partial charge in [-0.1, -0.05) is 224 Å². The third-order valence-electron chi connectivity index (χ3n) is 10.3. The number of hydrogen-bond donors (Lipinski definition) is 0. The van der Waals surface area contributed by atoms with Crippen molar-refractivity contribution in [2.24, 2.45) is 0 Å². The zero-order valence-electron chi connectivity index (χ0n) is 43.0. The van der Waals surface area contributed by atoms with E-state index in [1.807, 2.05) is 12.2 Å². The van der Waals surface area contributed by atoms with Crippen molar-refractivity contribution in [1.82, 2.24) is 0 Å². The Labute approximate surface area is 416 Å². The van der Waals surface area contributed by atoms with Crippen molar-refractivity contribution in [3.63, 3.8) is 0 Å². The van der Waals surface area contributed by atoms with Crippen molar-refractivity contribution >= 4 is 17.9 Å². The number of rotatable bonds is 45. The van der Waals surface area contributed by atoms with Crippen LogP contribution in [0, 0.1) is 0 Å². The molecule has 1 atom stereocenters. The van der Waals surface area contributed by atoms with E-state index in [1.54, 1.807) is 0 Å². The number of allylic oxidation sites excluding steroid dienone is 26. The summed E-state index contributed by atoms with van der Waals surface area (Å²) in [6, 6.07) is 0. The molecular weight excluding hydrogens is 841 g/mol. The molecule has 0 bridgehead atoms. The molecule has 0 spiro atoms. The molecule has 6 nitrogen and oxygen atoms in total. The van der Waals surface area contributed by atoms with E-state index < -0.39 is 12.1 Å². The Bertz CT molecular complexity index is 1590. The summed E-state index contributed by atoms with van der Waals surface area (Å²) < 4.78 is 16.6. The summed E-state index contributed by atoms with van der Waals surface area (Å²) in [4.78, 5) is 37.8. The number of carbonyl (C=O) groups excluding carboxylic acids is 3. The minimum Gasteiger partial charge on any atom is -0.462 e. The van der Waals surface area contributed by atoms with Crippen LogP contribution in [0.1, 0.15) is 194 Å². The van der Waals surface area contributed by atoms with E-state index in [4.69, 9.17) is 14.2 Å². The molecule has 68 heavy (non-hydrogen) atoms. The van der Waals surface area contributed by atoms with Crippen molar-refractivity contribution in [2.75, 3.05) is 13.2 Å². The van der Waals surface area contributed by atoms with Crippen LogP contribution < -0.4 is 0 Å². The molecule has 0 saturated carbocycles. The van der Waals surface area contributed by atoms with Crippen LogP contribution in [-0.2, 0) is 28.6 Å². The van der Waals surface area contributed by atoms with Crippen molar-refractivity contribution in [1.29, 1.82) is 0 Å². The largest absolute Gasteiger partial charge is 0.462 e. The Morgan fingerprint density at radius 3 is 0.956 bits per heavy atom. The first kappa shape index (κ1) is 63.0. The van der Waals surface area contributed by atoms with Crippen LogP contribution in [0.15, 0.2) is 158 Å². The average Bonchev–Trinajstić information content (AvgIpc) is 3.34. The van der Waals surface area contributed by atoms with Crippen LogP contribution in [-0.4, -0.2) is 37.2 Å². The molecule has 0 aromatic rings. The fourth-order valence-corrected chi connectivity index (χ4v) is 6.40. The van der Waals surface area contributed by atoms with Gasteiger partial charge in [-0.3, -0.25) is 14.4 Å². The highest BCUT2D eigenvalue weighted by molar-refractivity contribution is 5.71. The van der Waals surface area contributed by atoms with E-state index in [0.717, 1.165) is 109 Å². The molecule has 0 rings (SSSR count). The topological polar surface area (TPSA) is 78.9 Å². The second-order valence-electron chi connectivity index (χ2n) is 16.7. The number of ether oxygens (including phenoxy) is 3. The van der Waals surface area contributed by atoms with Gasteiger partial charge in [-0.05, 0) is 109 Å². The number of esters is 3. The Morgan fingerprint density at radius 1 is 0.309 bits per heavy atom. The van der Waals surface area contributed by atoms with Gasteiger partial charge in [0.25, 0.3) is 0 Å². The summed E-state index contributed by atoms with van der Waals surface area (Å²) >= 11 is 0. The molecule has 0 N–H and O–H groups in total. The molecule has 6 heteroatoms. The first-order valence-electron chi connectivity index (χ1n) is 26.5. The molecule has 0 aliphatic heterocycles. The molecule has 0 fully saturated rings. The zero-order chi connectivity index (χ0) is 49.3. The minimum atomic E-state index is -0.843. The van der Waals surface area contributed by atoms with Crippen molar-refractivity contribution in [3.05, 3.63) is 158 Å². The lowest BCUT2D eigenvalue weighted by atomic mass is 10.1. The SMILES string of the molecule is CC/C=C\C/C=C\C/C=C\C/C=C\C/C=C\C/C=C\C/C=C\C/C=C\C/C=C\CCCC(=O)OCC(COC(=O)CCCCCCCCCC)OC(=O)CC/C=C\C/C=C\C/C=C\C/C=C\CC. The molecule has 0 aromatic carbocycles. The van der Waals surface area contributed by atoms with E-state index in [0.29, 0.717) is 19.3 Å². The third-order valence-corrected chi connectivity index (χ3v) is 10.3. The first-order valence-corrected chi connectivity index (χ1v) is 26.5. The van der Waals surface area contributed by atoms with Gasteiger partial charge in [-0.15, -0.1) is 0 Å². The summed E-state index contributed by atoms with van der Waals surface area (Å²) in [7, 11) is 0. The highest BCUT2D eigenvalue weighted by Crippen LogP contribution is 2.11. The van der Waals surface area contributed by atoms with Crippen LogP contribution in [0.4, 0.5) is 0 Å². The predicted octanol–water partition coefficient (Wildman–Crippen LogP) is 17.8. The van der Waals surface area contributed by atoms with Crippen molar-refractivity contribution in [3.8, 4) is 0 Å². The second kappa shape index (κ2) is 54.6. The summed E-state index contributed by atoms with van der Waals surface area (Å²) in [6.07, 6.45) is 79.8. The summed E-state index contributed by atoms with van der Waals surface area (Å²) in [5, 5.41) is 0. The average molecular weight is 935 g/mol. The number of carbonyl (C=O) groups is 3. The van der Waals surface area contributed by atoms with E-state index >= 15 is 0 Å². The van der Waals surface area contributed by atoms with Crippen LogP contribution in [0.5, 0.6) is 0 Å². The second-order valence-corrected chi connectivity index (χ2v) is 16.7. The highest BCUT2D eigenvalue weighted by atomic mass is 16.6. The molecule has 0 aromatic heterocycles. The number of hydrogen-bond acceptors (Lipinski definition) is 6. The fourth-order valence-electron chi connectivity index (χ4n) is 6.40. The summed E-state index contributed by atoms with van der Waals surface area (Å²) in [5.74, 6) is -1.10. The van der Waals surface area contributed by atoms with Crippen molar-refractivity contribution in [2.45, 2.75) is 200 Å². The molecule has 0 amide bonds. The minimum absolute atomic E-state index is 0.131. The maximum absolute atomic E-state index is 12.7. The smallest absolute Gasteiger partial charge is 0.306 e. The highest BCUT2D eigenvalue weighted by Gasteiger charge is 2.19. The van der Waals surface area contributed by atoms with Crippen LogP contribution in [0.25, 0.3) is 0 Å². The molecule has 0 saturated heterocycles. The van der Waals surface area contributed by atoms with E-state index in [2.05, 4.69) is 167 Å². The van der Waals surface area contributed by atoms with Gasteiger partial charge >= 0.3 is 17.9 Å². The Balaban J connectivity index is 4.41. The third kappa shape index (κ3) is 52.0. The Morgan fingerprint density at radius 2 is 0.603 bits per heavy atom. The first-order chi connectivity index (χ1) is 33.5. The lowest BCUT2D eigenvalue weighted by Crippen LogP contribution is -2.30. The van der Waals surface area contributed by atoms with Gasteiger partial charge in [-0.2, -0.15) is 0 Å². The predicted molar refractivity (Wildman–Crippen MR) is 292 cm³/mol. The van der Waals surface area contributed by atoms with Gasteiger partial charge in [0.2, 0.25) is 0 Å². The monoisotopic (exact) mass is 935 g/mol. The lowest BCUT2D eigenvalue weighted by molar-refractivity contribution is -0.166. The van der Waals surface area contributed by atoms with Gasteiger partial charge in [0.1, 0.15) is 13.2 Å². The molecule has 0 aliphatic carbocycles. The van der Waals surface area contributed by atoms with Gasteiger partial charge in [-0.25, -0.2) is 0 Å². The van der Waals surface area contributed by atoms with Crippen LogP contribution in [0.3, 0.4) is 0 Å². The Kier molecular flexibility index (Phi) is 50.6. The van der Waals surface area contributed by atoms with Crippen molar-refractivity contribution < 1.29 is 28.6 Å². The van der Waals surface area contributed by atoms with Gasteiger partial charge in [0.15, 0.2) is 6.10 Å². The van der Waals surface area contributed by atoms with Gasteiger partial charge in [0.05, 0.1) is 0 Å². The molecule has 0 radical (unpaired) electrons. The van der Waals surface area contributed by atoms with E-state index in [-0.39, 0.29) is 38.0 Å². The lowest BCUT2D eigenvalue weighted by Gasteiger charge is -2.18. The summed E-state index contributed by atoms with van der Waals surface area (Å²) in [6.45, 7) is 6.23. The molecular formula is C62H94O6. The molecule has 0 heterocycles. The fraction of sp³-hybridized carbons (Fsp3) is 0.532. The standard InChI is InChI=1S/C62H94O6/c1-4-7-10-13-16-19-21-23-24-25-26-27-28-29-30-31-32-33-34-35-36-37-38-40-41-43-46-49-52-55-61(64)67-58-59(57-66-60(63)54-51-48-45-18-15-12-9-6-3)68-62(65)56-53-50-47-44-42-39-22-20-17-14-11-8-5-2/h7-8,10-11,16-17,19-20,23-24,26-27,29-30,32-33,35-36,38-40,42-43,46-47,50,59H,4-6,9,12-15,18,21-22,25,28,31,34,37,41,44-45,48-49,51-58H2,1-3H3/b10-7-,11-8-,19-16-,20-17-,24-23-,27-26-,30-29-,33-32-,36-35-,40-38-,42-39-,46-43-,50-47-. The van der Waals surface area contributed by atoms with Gasteiger partial charge < -0.3 is 14.2 Å². The molecule has 378 valence electrons. The zero-order valence-corrected chi connectivity index (χ0v) is 43.0.